The van der Waals surface area contributed by atoms with E-state index >= 15 is 0 Å². The van der Waals surface area contributed by atoms with Crippen LogP contribution in [0.25, 0.3) is 0 Å². The minimum Gasteiger partial charge on any atom is -0.480 e. The summed E-state index contributed by atoms with van der Waals surface area (Å²) in [6, 6.07) is 4.43. The zero-order valence-electron chi connectivity index (χ0n) is 9.04. The smallest absolute Gasteiger partial charge is 0.328 e. The average Bonchev–Trinajstić information content (AvgIpc) is 2.39. The van der Waals surface area contributed by atoms with E-state index < -0.39 is 12.0 Å². The predicted octanol–water partition coefficient (Wildman–Crippen LogP) is 0.243. The van der Waals surface area contributed by atoms with Gasteiger partial charge in [0.1, 0.15) is 5.82 Å². The SMILES string of the molecule is N#Cc1ccnc(N2CCOCC2C(=O)O)c1. The molecule has 2 heterocycles. The number of rotatable bonds is 2. The Hall–Kier alpha value is -2.13. The largest absolute Gasteiger partial charge is 0.480 e. The Labute approximate surface area is 98.1 Å². The lowest BCUT2D eigenvalue weighted by Crippen LogP contribution is -2.50. The minimum atomic E-state index is -0.950. The monoisotopic (exact) mass is 233 g/mol. The maximum absolute atomic E-state index is 11.1. The van der Waals surface area contributed by atoms with Gasteiger partial charge in [0.05, 0.1) is 24.8 Å². The van der Waals surface area contributed by atoms with Gasteiger partial charge in [0.15, 0.2) is 6.04 Å². The lowest BCUT2D eigenvalue weighted by Gasteiger charge is -2.33. The molecule has 1 unspecified atom stereocenters. The van der Waals surface area contributed by atoms with Gasteiger partial charge in [-0.05, 0) is 12.1 Å². The van der Waals surface area contributed by atoms with Crippen LogP contribution in [0.3, 0.4) is 0 Å². The Morgan fingerprint density at radius 2 is 2.53 bits per heavy atom. The van der Waals surface area contributed by atoms with E-state index in [0.717, 1.165) is 0 Å². The molecule has 0 aliphatic carbocycles. The molecule has 6 nitrogen and oxygen atoms in total. The zero-order valence-corrected chi connectivity index (χ0v) is 9.04. The van der Waals surface area contributed by atoms with E-state index in [1.807, 2.05) is 6.07 Å². The third-order valence-electron chi connectivity index (χ3n) is 2.58. The molecule has 0 spiro atoms. The molecule has 1 aromatic rings. The lowest BCUT2D eigenvalue weighted by atomic mass is 10.2. The van der Waals surface area contributed by atoms with Crippen molar-refractivity contribution in [2.75, 3.05) is 24.7 Å². The number of aromatic nitrogens is 1. The highest BCUT2D eigenvalue weighted by Gasteiger charge is 2.30. The van der Waals surface area contributed by atoms with Crippen LogP contribution in [0.5, 0.6) is 0 Å². The fourth-order valence-electron chi connectivity index (χ4n) is 1.73. The Morgan fingerprint density at radius 1 is 1.71 bits per heavy atom. The molecule has 0 saturated carbocycles. The highest BCUT2D eigenvalue weighted by molar-refractivity contribution is 5.78. The number of carboxylic acids is 1. The van der Waals surface area contributed by atoms with Crippen molar-refractivity contribution < 1.29 is 14.6 Å². The molecule has 1 fully saturated rings. The Morgan fingerprint density at radius 3 is 3.24 bits per heavy atom. The summed E-state index contributed by atoms with van der Waals surface area (Å²) in [7, 11) is 0. The zero-order chi connectivity index (χ0) is 12.3. The van der Waals surface area contributed by atoms with Gasteiger partial charge in [-0.1, -0.05) is 0 Å². The summed E-state index contributed by atoms with van der Waals surface area (Å²) >= 11 is 0. The standard InChI is InChI=1S/C11H11N3O3/c12-6-8-1-2-13-10(5-8)14-3-4-17-7-9(14)11(15)16/h1-2,5,9H,3-4,7H2,(H,15,16). The van der Waals surface area contributed by atoms with Crippen LogP contribution in [-0.4, -0.2) is 41.9 Å². The molecule has 1 aliphatic rings. The molecule has 1 aromatic heterocycles. The molecule has 0 radical (unpaired) electrons. The number of ether oxygens (including phenoxy) is 1. The van der Waals surface area contributed by atoms with Crippen molar-refractivity contribution in [3.63, 3.8) is 0 Å². The number of nitrogens with zero attached hydrogens (tertiary/aromatic N) is 3. The highest BCUT2D eigenvalue weighted by atomic mass is 16.5. The minimum absolute atomic E-state index is 0.133. The van der Waals surface area contributed by atoms with Gasteiger partial charge >= 0.3 is 5.97 Å². The third kappa shape index (κ3) is 2.34. The van der Waals surface area contributed by atoms with Gasteiger partial charge in [0.25, 0.3) is 0 Å². The van der Waals surface area contributed by atoms with Gasteiger partial charge in [-0.2, -0.15) is 5.26 Å². The second-order valence-electron chi connectivity index (χ2n) is 3.64. The van der Waals surface area contributed by atoms with E-state index in [0.29, 0.717) is 24.5 Å². The molecule has 1 aliphatic heterocycles. The van der Waals surface area contributed by atoms with E-state index in [1.54, 1.807) is 17.0 Å². The Bertz CT molecular complexity index is 469. The number of hydrogen-bond donors (Lipinski definition) is 1. The van der Waals surface area contributed by atoms with Gasteiger partial charge < -0.3 is 14.7 Å². The van der Waals surface area contributed by atoms with Gasteiger partial charge in [-0.25, -0.2) is 9.78 Å². The van der Waals surface area contributed by atoms with Crippen LogP contribution in [0.4, 0.5) is 5.82 Å². The molecule has 1 N–H and O–H groups in total. The first-order chi connectivity index (χ1) is 8.22. The lowest BCUT2D eigenvalue weighted by molar-refractivity contribution is -0.141. The fourth-order valence-corrected chi connectivity index (χ4v) is 1.73. The number of hydrogen-bond acceptors (Lipinski definition) is 5. The van der Waals surface area contributed by atoms with E-state index in [-0.39, 0.29) is 6.61 Å². The van der Waals surface area contributed by atoms with Crippen molar-refractivity contribution in [3.05, 3.63) is 23.9 Å². The van der Waals surface area contributed by atoms with Crippen molar-refractivity contribution in [3.8, 4) is 6.07 Å². The molecular formula is C11H11N3O3. The summed E-state index contributed by atoms with van der Waals surface area (Å²) in [4.78, 5) is 16.8. The van der Waals surface area contributed by atoms with Crippen molar-refractivity contribution >= 4 is 11.8 Å². The van der Waals surface area contributed by atoms with Gasteiger partial charge in [-0.3, -0.25) is 0 Å². The van der Waals surface area contributed by atoms with E-state index in [4.69, 9.17) is 15.1 Å². The van der Waals surface area contributed by atoms with Crippen LogP contribution in [0.2, 0.25) is 0 Å². The van der Waals surface area contributed by atoms with Crippen LogP contribution >= 0.6 is 0 Å². The maximum atomic E-state index is 11.1. The second-order valence-corrected chi connectivity index (χ2v) is 3.64. The van der Waals surface area contributed by atoms with Crippen LogP contribution < -0.4 is 4.90 Å². The molecule has 17 heavy (non-hydrogen) atoms. The molecule has 6 heteroatoms. The number of carboxylic acid groups (broad SMARTS) is 1. The number of pyridine rings is 1. The molecule has 0 bridgehead atoms. The maximum Gasteiger partial charge on any atom is 0.328 e. The average molecular weight is 233 g/mol. The summed E-state index contributed by atoms with van der Waals surface area (Å²) in [5, 5.41) is 17.9. The molecular weight excluding hydrogens is 222 g/mol. The number of nitriles is 1. The molecule has 1 atom stereocenters. The van der Waals surface area contributed by atoms with Crippen molar-refractivity contribution in [1.29, 1.82) is 5.26 Å². The quantitative estimate of drug-likeness (QED) is 0.787. The van der Waals surface area contributed by atoms with Crippen LogP contribution in [-0.2, 0) is 9.53 Å². The summed E-state index contributed by atoms with van der Waals surface area (Å²) in [5.41, 5.74) is 0.464. The van der Waals surface area contributed by atoms with Crippen LogP contribution in [0.15, 0.2) is 18.3 Å². The number of anilines is 1. The molecule has 2 rings (SSSR count). The Kier molecular flexibility index (Phi) is 3.21. The Balaban J connectivity index is 2.29. The van der Waals surface area contributed by atoms with Crippen molar-refractivity contribution in [2.45, 2.75) is 6.04 Å². The first-order valence-electron chi connectivity index (χ1n) is 5.15. The van der Waals surface area contributed by atoms with Crippen LogP contribution in [0.1, 0.15) is 5.56 Å². The first-order valence-corrected chi connectivity index (χ1v) is 5.15. The molecule has 0 aromatic carbocycles. The topological polar surface area (TPSA) is 86.5 Å². The summed E-state index contributed by atoms with van der Waals surface area (Å²) < 4.78 is 5.14. The first kappa shape index (κ1) is 11.4. The molecule has 1 saturated heterocycles. The fraction of sp³-hybridized carbons (Fsp3) is 0.364. The van der Waals surface area contributed by atoms with E-state index in [1.165, 1.54) is 6.20 Å². The number of morpholine rings is 1. The normalized spacial score (nSPS) is 19.7. The van der Waals surface area contributed by atoms with Crippen molar-refractivity contribution in [2.24, 2.45) is 0 Å². The van der Waals surface area contributed by atoms with Gasteiger partial charge in [0.2, 0.25) is 0 Å². The van der Waals surface area contributed by atoms with Gasteiger partial charge in [-0.15, -0.1) is 0 Å². The van der Waals surface area contributed by atoms with Crippen molar-refractivity contribution in [1.82, 2.24) is 4.98 Å². The number of aliphatic carboxylic acids is 1. The van der Waals surface area contributed by atoms with E-state index in [2.05, 4.69) is 4.98 Å². The van der Waals surface area contributed by atoms with E-state index in [9.17, 15) is 4.79 Å². The van der Waals surface area contributed by atoms with Crippen LogP contribution in [0, 0.1) is 11.3 Å². The molecule has 88 valence electrons. The highest BCUT2D eigenvalue weighted by Crippen LogP contribution is 2.18. The molecule has 0 amide bonds. The third-order valence-corrected chi connectivity index (χ3v) is 2.58. The second kappa shape index (κ2) is 4.80. The number of carbonyl (C=O) groups is 1. The summed E-state index contributed by atoms with van der Waals surface area (Å²) in [5.74, 6) is -0.450. The predicted molar refractivity (Wildman–Crippen MR) is 58.5 cm³/mol. The van der Waals surface area contributed by atoms with Gasteiger partial charge in [0, 0.05) is 12.7 Å². The summed E-state index contributed by atoms with van der Waals surface area (Å²) in [6.45, 7) is 1.05. The summed E-state index contributed by atoms with van der Waals surface area (Å²) in [6.07, 6.45) is 1.50.